The zero-order chi connectivity index (χ0) is 22.6. The number of nitrogens with zero attached hydrogens (tertiary/aromatic N) is 1. The summed E-state index contributed by atoms with van der Waals surface area (Å²) in [7, 11) is 0. The molecule has 3 heterocycles. The molecule has 3 amide bonds. The van der Waals surface area contributed by atoms with Crippen LogP contribution in [0.4, 0.5) is 5.69 Å². The number of para-hydroxylation sites is 1. The number of rotatable bonds is 5. The van der Waals surface area contributed by atoms with Crippen molar-refractivity contribution in [2.45, 2.75) is 38.3 Å². The summed E-state index contributed by atoms with van der Waals surface area (Å²) in [6.45, 7) is 4.47. The number of carbonyl (C=O) groups excluding carboxylic acids is 3. The van der Waals surface area contributed by atoms with Crippen molar-refractivity contribution in [2.24, 2.45) is 17.8 Å². The fourth-order valence-electron chi connectivity index (χ4n) is 5.67. The SMILES string of the molecule is CC(C)CC1NC2(C(=O)Nc3c(Cl)cccc32)C2C(=O)N(CCc3ccccc3)C(=O)C12. The Kier molecular flexibility index (Phi) is 5.10. The van der Waals surface area contributed by atoms with E-state index in [1.165, 1.54) is 4.90 Å². The van der Waals surface area contributed by atoms with Gasteiger partial charge >= 0.3 is 0 Å². The monoisotopic (exact) mass is 451 g/mol. The maximum atomic E-state index is 13.7. The summed E-state index contributed by atoms with van der Waals surface area (Å²) in [6, 6.07) is 14.8. The van der Waals surface area contributed by atoms with Crippen LogP contribution in [-0.4, -0.2) is 35.2 Å². The lowest BCUT2D eigenvalue weighted by molar-refractivity contribution is -0.142. The minimum Gasteiger partial charge on any atom is -0.323 e. The molecule has 3 aliphatic rings. The molecule has 32 heavy (non-hydrogen) atoms. The van der Waals surface area contributed by atoms with E-state index in [1.54, 1.807) is 12.1 Å². The average molecular weight is 452 g/mol. The predicted molar refractivity (Wildman–Crippen MR) is 122 cm³/mol. The molecule has 2 N–H and O–H groups in total. The maximum absolute atomic E-state index is 13.7. The van der Waals surface area contributed by atoms with Crippen molar-refractivity contribution in [3.8, 4) is 0 Å². The van der Waals surface area contributed by atoms with Crippen LogP contribution in [0.3, 0.4) is 0 Å². The van der Waals surface area contributed by atoms with Crippen LogP contribution in [-0.2, 0) is 26.3 Å². The minimum absolute atomic E-state index is 0.186. The van der Waals surface area contributed by atoms with Crippen LogP contribution in [0.5, 0.6) is 0 Å². The Labute approximate surface area is 192 Å². The first-order chi connectivity index (χ1) is 15.3. The number of carbonyl (C=O) groups is 3. The Hall–Kier alpha value is -2.70. The van der Waals surface area contributed by atoms with Crippen LogP contribution in [0.1, 0.15) is 31.4 Å². The predicted octanol–water partition coefficient (Wildman–Crippen LogP) is 3.35. The number of hydrogen-bond donors (Lipinski definition) is 2. The molecular weight excluding hydrogens is 426 g/mol. The zero-order valence-corrected chi connectivity index (χ0v) is 18.9. The number of hydrogen-bond acceptors (Lipinski definition) is 4. The van der Waals surface area contributed by atoms with Gasteiger partial charge < -0.3 is 5.32 Å². The Morgan fingerprint density at radius 1 is 1.03 bits per heavy atom. The van der Waals surface area contributed by atoms with E-state index in [9.17, 15) is 14.4 Å². The normalized spacial score (nSPS) is 28.6. The van der Waals surface area contributed by atoms with Crippen LogP contribution in [0.2, 0.25) is 5.02 Å². The van der Waals surface area contributed by atoms with Gasteiger partial charge in [-0.2, -0.15) is 0 Å². The van der Waals surface area contributed by atoms with Gasteiger partial charge in [0.2, 0.25) is 17.7 Å². The fourth-order valence-corrected chi connectivity index (χ4v) is 5.89. The van der Waals surface area contributed by atoms with Crippen molar-refractivity contribution >= 4 is 35.0 Å². The molecule has 2 aromatic carbocycles. The number of nitrogens with one attached hydrogen (secondary N) is 2. The Morgan fingerprint density at radius 3 is 2.50 bits per heavy atom. The van der Waals surface area contributed by atoms with Gasteiger partial charge in [-0.1, -0.05) is 67.9 Å². The molecule has 0 saturated carbocycles. The number of fused-ring (bicyclic) bond motifs is 4. The van der Waals surface area contributed by atoms with E-state index in [-0.39, 0.29) is 23.8 Å². The Balaban J connectivity index is 1.55. The van der Waals surface area contributed by atoms with E-state index in [0.717, 1.165) is 5.56 Å². The van der Waals surface area contributed by atoms with E-state index < -0.39 is 17.4 Å². The molecule has 166 valence electrons. The first kappa shape index (κ1) is 21.2. The maximum Gasteiger partial charge on any atom is 0.250 e. The second-order valence-corrected chi connectivity index (χ2v) is 9.78. The lowest BCUT2D eigenvalue weighted by atomic mass is 9.76. The zero-order valence-electron chi connectivity index (χ0n) is 18.1. The topological polar surface area (TPSA) is 78.5 Å². The quantitative estimate of drug-likeness (QED) is 0.683. The molecule has 0 aromatic heterocycles. The highest BCUT2D eigenvalue weighted by Crippen LogP contribution is 2.54. The van der Waals surface area contributed by atoms with E-state index in [4.69, 9.17) is 11.6 Å². The fraction of sp³-hybridized carbons (Fsp3) is 0.400. The summed E-state index contributed by atoms with van der Waals surface area (Å²) in [6.07, 6.45) is 1.28. The number of imide groups is 1. The Morgan fingerprint density at radius 2 is 1.78 bits per heavy atom. The van der Waals surface area contributed by atoms with Crippen molar-refractivity contribution in [1.82, 2.24) is 10.2 Å². The summed E-state index contributed by atoms with van der Waals surface area (Å²) >= 11 is 6.37. The minimum atomic E-state index is -1.28. The third-order valence-corrected chi connectivity index (χ3v) is 7.30. The lowest BCUT2D eigenvalue weighted by Crippen LogP contribution is -2.53. The molecule has 0 aliphatic carbocycles. The highest BCUT2D eigenvalue weighted by Gasteiger charge is 2.70. The number of halogens is 1. The smallest absolute Gasteiger partial charge is 0.250 e. The van der Waals surface area contributed by atoms with Crippen LogP contribution in [0, 0.1) is 17.8 Å². The first-order valence-corrected chi connectivity index (χ1v) is 11.5. The van der Waals surface area contributed by atoms with Crippen molar-refractivity contribution < 1.29 is 14.4 Å². The molecule has 0 bridgehead atoms. The van der Waals surface area contributed by atoms with Gasteiger partial charge in [0.1, 0.15) is 5.54 Å². The van der Waals surface area contributed by atoms with Gasteiger partial charge in [-0.3, -0.25) is 24.6 Å². The molecule has 1 spiro atoms. The highest BCUT2D eigenvalue weighted by molar-refractivity contribution is 6.35. The summed E-state index contributed by atoms with van der Waals surface area (Å²) in [5.41, 5.74) is 0.965. The summed E-state index contributed by atoms with van der Waals surface area (Å²) < 4.78 is 0. The largest absolute Gasteiger partial charge is 0.323 e. The standard InChI is InChI=1S/C25H26ClN3O3/c1-14(2)13-18-19-20(23(31)29(22(19)30)12-11-15-7-4-3-5-8-15)25(28-18)16-9-6-10-17(26)21(16)27-24(25)32/h3-10,14,18-20,28H,11-13H2,1-2H3,(H,27,32). The molecule has 2 saturated heterocycles. The third kappa shape index (κ3) is 3.00. The van der Waals surface area contributed by atoms with Gasteiger partial charge in [-0.25, -0.2) is 0 Å². The number of anilines is 1. The van der Waals surface area contributed by atoms with Crippen molar-refractivity contribution in [3.05, 3.63) is 64.7 Å². The Bertz CT molecular complexity index is 1100. The van der Waals surface area contributed by atoms with E-state index in [0.29, 0.717) is 41.6 Å². The van der Waals surface area contributed by atoms with Gasteiger partial charge in [0.15, 0.2) is 0 Å². The average Bonchev–Trinajstić information content (AvgIpc) is 3.33. The summed E-state index contributed by atoms with van der Waals surface area (Å²) in [5.74, 6) is -1.83. The summed E-state index contributed by atoms with van der Waals surface area (Å²) in [4.78, 5) is 42.0. The third-order valence-electron chi connectivity index (χ3n) is 6.98. The summed E-state index contributed by atoms with van der Waals surface area (Å²) in [5, 5.41) is 6.75. The van der Waals surface area contributed by atoms with Gasteiger partial charge in [0, 0.05) is 18.2 Å². The molecule has 4 atom stereocenters. The van der Waals surface area contributed by atoms with Crippen molar-refractivity contribution in [2.75, 3.05) is 11.9 Å². The van der Waals surface area contributed by atoms with E-state index in [2.05, 4.69) is 24.5 Å². The highest BCUT2D eigenvalue weighted by atomic mass is 35.5. The lowest BCUT2D eigenvalue weighted by Gasteiger charge is -2.30. The molecule has 6 nitrogen and oxygen atoms in total. The van der Waals surface area contributed by atoms with Crippen LogP contribution in [0.15, 0.2) is 48.5 Å². The van der Waals surface area contributed by atoms with Gasteiger partial charge in [-0.05, 0) is 30.4 Å². The number of benzene rings is 2. The molecule has 4 unspecified atom stereocenters. The number of amides is 3. The van der Waals surface area contributed by atoms with Crippen LogP contribution in [0.25, 0.3) is 0 Å². The number of likely N-dealkylation sites (tertiary alicyclic amines) is 1. The first-order valence-electron chi connectivity index (χ1n) is 11.1. The van der Waals surface area contributed by atoms with E-state index >= 15 is 0 Å². The van der Waals surface area contributed by atoms with E-state index in [1.807, 2.05) is 36.4 Å². The van der Waals surface area contributed by atoms with Gasteiger partial charge in [0.25, 0.3) is 0 Å². The molecular formula is C25H26ClN3O3. The van der Waals surface area contributed by atoms with Crippen molar-refractivity contribution in [1.29, 1.82) is 0 Å². The van der Waals surface area contributed by atoms with Gasteiger partial charge in [0.05, 0.1) is 22.5 Å². The van der Waals surface area contributed by atoms with Crippen LogP contribution >= 0.6 is 11.6 Å². The molecule has 3 aliphatic heterocycles. The molecule has 2 fully saturated rings. The molecule has 0 radical (unpaired) electrons. The van der Waals surface area contributed by atoms with Crippen molar-refractivity contribution in [3.63, 3.8) is 0 Å². The second-order valence-electron chi connectivity index (χ2n) is 9.37. The molecule has 2 aromatic rings. The van der Waals surface area contributed by atoms with Gasteiger partial charge in [-0.15, -0.1) is 0 Å². The second kappa shape index (κ2) is 7.71. The molecule has 5 rings (SSSR count). The van der Waals surface area contributed by atoms with Crippen LogP contribution < -0.4 is 10.6 Å². The molecule has 7 heteroatoms.